The largest absolute Gasteiger partial charge is 0.349 e. The standard InChI is InChI=1S/C15H23BrN4O/c1-9(2)11-5-3-4-6-13(11)19-15(21)12-7-10(16)8-18-14(12)20-17/h7-9,11,13H,3-6,17H2,1-2H3,(H,18,20)(H,19,21). The van der Waals surface area contributed by atoms with Crippen LogP contribution in [0, 0.1) is 11.8 Å². The average Bonchev–Trinajstić information content (AvgIpc) is 2.47. The number of nitrogen functional groups attached to an aromatic ring is 1. The van der Waals surface area contributed by atoms with Crippen LogP contribution >= 0.6 is 15.9 Å². The quantitative estimate of drug-likeness (QED) is 0.573. The van der Waals surface area contributed by atoms with Gasteiger partial charge in [0.25, 0.3) is 5.91 Å². The summed E-state index contributed by atoms with van der Waals surface area (Å²) in [7, 11) is 0. The Bertz CT molecular complexity index is 506. The molecule has 1 amide bonds. The number of pyridine rings is 1. The molecule has 0 aromatic carbocycles. The lowest BCUT2D eigenvalue weighted by atomic mass is 9.78. The molecular weight excluding hydrogens is 332 g/mol. The van der Waals surface area contributed by atoms with Crippen LogP contribution in [0.15, 0.2) is 16.7 Å². The number of carbonyl (C=O) groups is 1. The van der Waals surface area contributed by atoms with Crippen molar-refractivity contribution in [1.29, 1.82) is 0 Å². The zero-order valence-electron chi connectivity index (χ0n) is 12.5. The molecule has 1 aliphatic rings. The molecule has 6 heteroatoms. The predicted molar refractivity (Wildman–Crippen MR) is 87.8 cm³/mol. The first-order chi connectivity index (χ1) is 10.0. The average molecular weight is 355 g/mol. The van der Waals surface area contributed by atoms with Crippen molar-refractivity contribution >= 4 is 27.7 Å². The highest BCUT2D eigenvalue weighted by molar-refractivity contribution is 9.10. The molecule has 5 nitrogen and oxygen atoms in total. The number of hydrogen-bond acceptors (Lipinski definition) is 4. The fraction of sp³-hybridized carbons (Fsp3) is 0.600. The number of carbonyl (C=O) groups excluding carboxylic acids is 1. The molecule has 0 aliphatic heterocycles. The van der Waals surface area contributed by atoms with Gasteiger partial charge in [0, 0.05) is 16.7 Å². The van der Waals surface area contributed by atoms with E-state index in [9.17, 15) is 4.79 Å². The molecular formula is C15H23BrN4O. The second kappa shape index (κ2) is 7.22. The van der Waals surface area contributed by atoms with Crippen LogP contribution in [0.2, 0.25) is 0 Å². The van der Waals surface area contributed by atoms with Gasteiger partial charge >= 0.3 is 0 Å². The number of aromatic nitrogens is 1. The lowest BCUT2D eigenvalue weighted by molar-refractivity contribution is 0.0889. The topological polar surface area (TPSA) is 80.0 Å². The van der Waals surface area contributed by atoms with Gasteiger partial charge in [-0.15, -0.1) is 0 Å². The number of halogens is 1. The number of nitrogens with zero attached hydrogens (tertiary/aromatic N) is 1. The molecule has 0 bridgehead atoms. The van der Waals surface area contributed by atoms with Crippen LogP contribution in [-0.2, 0) is 0 Å². The Morgan fingerprint density at radius 2 is 2.14 bits per heavy atom. The maximum absolute atomic E-state index is 12.5. The summed E-state index contributed by atoms with van der Waals surface area (Å²) in [5.41, 5.74) is 2.95. The Labute approximate surface area is 134 Å². The minimum absolute atomic E-state index is 0.116. The summed E-state index contributed by atoms with van der Waals surface area (Å²) in [4.78, 5) is 16.7. The second-order valence-corrected chi connectivity index (χ2v) is 6.88. The predicted octanol–water partition coefficient (Wildman–Crippen LogP) is 3.07. The Balaban J connectivity index is 2.15. The monoisotopic (exact) mass is 354 g/mol. The van der Waals surface area contributed by atoms with Crippen LogP contribution in [0.4, 0.5) is 5.82 Å². The summed E-state index contributed by atoms with van der Waals surface area (Å²) >= 11 is 3.34. The highest BCUT2D eigenvalue weighted by atomic mass is 79.9. The fourth-order valence-corrected chi connectivity index (χ4v) is 3.44. The molecule has 1 aliphatic carbocycles. The van der Waals surface area contributed by atoms with Gasteiger partial charge in [0.05, 0.1) is 5.56 Å². The molecule has 0 saturated heterocycles. The fourth-order valence-electron chi connectivity index (χ4n) is 3.11. The highest BCUT2D eigenvalue weighted by Crippen LogP contribution is 2.30. The van der Waals surface area contributed by atoms with Gasteiger partial charge < -0.3 is 10.7 Å². The van der Waals surface area contributed by atoms with E-state index >= 15 is 0 Å². The summed E-state index contributed by atoms with van der Waals surface area (Å²) in [6.07, 6.45) is 6.27. The number of hydrogen-bond donors (Lipinski definition) is 3. The number of rotatable bonds is 4. The van der Waals surface area contributed by atoms with Gasteiger partial charge in [0.15, 0.2) is 5.82 Å². The Morgan fingerprint density at radius 3 is 2.81 bits per heavy atom. The summed E-state index contributed by atoms with van der Waals surface area (Å²) in [6, 6.07) is 1.97. The number of amides is 1. The normalized spacial score (nSPS) is 22.1. The third-order valence-corrected chi connectivity index (χ3v) is 4.66. The summed E-state index contributed by atoms with van der Waals surface area (Å²) < 4.78 is 0.760. The van der Waals surface area contributed by atoms with Crippen LogP contribution in [0.25, 0.3) is 0 Å². The molecule has 1 aromatic rings. The van der Waals surface area contributed by atoms with Gasteiger partial charge in [-0.1, -0.05) is 26.7 Å². The van der Waals surface area contributed by atoms with Gasteiger partial charge in [0.2, 0.25) is 0 Å². The number of nitrogens with one attached hydrogen (secondary N) is 2. The SMILES string of the molecule is CC(C)C1CCCCC1NC(=O)c1cc(Br)cnc1NN. The van der Waals surface area contributed by atoms with E-state index in [-0.39, 0.29) is 11.9 Å². The third kappa shape index (κ3) is 3.95. The second-order valence-electron chi connectivity index (χ2n) is 5.97. The summed E-state index contributed by atoms with van der Waals surface area (Å²) in [6.45, 7) is 4.45. The van der Waals surface area contributed by atoms with Gasteiger partial charge in [-0.25, -0.2) is 10.8 Å². The molecule has 1 saturated carbocycles. The van der Waals surface area contributed by atoms with Crippen LogP contribution in [0.5, 0.6) is 0 Å². The van der Waals surface area contributed by atoms with Crippen LogP contribution in [-0.4, -0.2) is 16.9 Å². The van der Waals surface area contributed by atoms with Crippen LogP contribution < -0.4 is 16.6 Å². The van der Waals surface area contributed by atoms with E-state index in [0.717, 1.165) is 10.9 Å². The first-order valence-electron chi connectivity index (χ1n) is 7.46. The van der Waals surface area contributed by atoms with Crippen LogP contribution in [0.3, 0.4) is 0 Å². The third-order valence-electron chi connectivity index (χ3n) is 4.23. The molecule has 1 aromatic heterocycles. The van der Waals surface area contributed by atoms with Crippen molar-refractivity contribution in [2.45, 2.75) is 45.6 Å². The smallest absolute Gasteiger partial charge is 0.255 e. The van der Waals surface area contributed by atoms with Crippen molar-refractivity contribution in [3.63, 3.8) is 0 Å². The van der Waals surface area contributed by atoms with Crippen molar-refractivity contribution in [2.24, 2.45) is 17.7 Å². The van der Waals surface area contributed by atoms with Crippen molar-refractivity contribution in [3.8, 4) is 0 Å². The first kappa shape index (κ1) is 16.2. The van der Waals surface area contributed by atoms with Crippen molar-refractivity contribution in [1.82, 2.24) is 10.3 Å². The highest BCUT2D eigenvalue weighted by Gasteiger charge is 2.29. The molecule has 0 spiro atoms. The van der Waals surface area contributed by atoms with Gasteiger partial charge in [0.1, 0.15) is 0 Å². The molecule has 21 heavy (non-hydrogen) atoms. The zero-order valence-corrected chi connectivity index (χ0v) is 14.1. The minimum atomic E-state index is -0.116. The lowest BCUT2D eigenvalue weighted by Gasteiger charge is -2.35. The molecule has 2 unspecified atom stereocenters. The number of anilines is 1. The van der Waals surface area contributed by atoms with Crippen molar-refractivity contribution < 1.29 is 4.79 Å². The van der Waals surface area contributed by atoms with E-state index < -0.39 is 0 Å². The van der Waals surface area contributed by atoms with Gasteiger partial charge in [-0.2, -0.15) is 0 Å². The van der Waals surface area contributed by atoms with Crippen LogP contribution in [0.1, 0.15) is 49.9 Å². The van der Waals surface area contributed by atoms with E-state index in [1.807, 2.05) is 0 Å². The van der Waals surface area contributed by atoms with E-state index in [4.69, 9.17) is 5.84 Å². The minimum Gasteiger partial charge on any atom is -0.349 e. The Kier molecular flexibility index (Phi) is 5.58. The molecule has 116 valence electrons. The summed E-state index contributed by atoms with van der Waals surface area (Å²) in [5, 5.41) is 3.17. The van der Waals surface area contributed by atoms with E-state index in [0.29, 0.717) is 23.2 Å². The van der Waals surface area contributed by atoms with E-state index in [2.05, 4.69) is 45.5 Å². The maximum atomic E-state index is 12.5. The molecule has 2 atom stereocenters. The number of nitrogens with two attached hydrogens (primary N) is 1. The Morgan fingerprint density at radius 1 is 1.43 bits per heavy atom. The van der Waals surface area contributed by atoms with Gasteiger partial charge in [-0.3, -0.25) is 4.79 Å². The van der Waals surface area contributed by atoms with Gasteiger partial charge in [-0.05, 0) is 46.7 Å². The Hall–Kier alpha value is -1.14. The molecule has 0 radical (unpaired) electrons. The van der Waals surface area contributed by atoms with E-state index in [1.165, 1.54) is 19.3 Å². The van der Waals surface area contributed by atoms with Crippen molar-refractivity contribution in [3.05, 3.63) is 22.3 Å². The summed E-state index contributed by atoms with van der Waals surface area (Å²) in [5.74, 6) is 6.83. The zero-order chi connectivity index (χ0) is 15.4. The molecule has 1 heterocycles. The maximum Gasteiger partial charge on any atom is 0.255 e. The van der Waals surface area contributed by atoms with Crippen molar-refractivity contribution in [2.75, 3.05) is 5.43 Å². The van der Waals surface area contributed by atoms with E-state index in [1.54, 1.807) is 12.3 Å². The molecule has 2 rings (SSSR count). The molecule has 4 N–H and O–H groups in total. The lowest BCUT2D eigenvalue weighted by Crippen LogP contribution is -2.44. The first-order valence-corrected chi connectivity index (χ1v) is 8.25. The number of hydrazine groups is 1. The molecule has 1 fully saturated rings.